The van der Waals surface area contributed by atoms with Crippen molar-refractivity contribution in [1.82, 2.24) is 4.90 Å². The number of nitrogens with zero attached hydrogens (tertiary/aromatic N) is 1. The molecule has 3 rings (SSSR count). The van der Waals surface area contributed by atoms with E-state index in [4.69, 9.17) is 17.3 Å². The average Bonchev–Trinajstić information content (AvgIpc) is 3.03. The van der Waals surface area contributed by atoms with Gasteiger partial charge >= 0.3 is 0 Å². The Morgan fingerprint density at radius 2 is 2.35 bits per heavy atom. The van der Waals surface area contributed by atoms with E-state index in [2.05, 4.69) is 0 Å². The van der Waals surface area contributed by atoms with Crippen LogP contribution in [-0.4, -0.2) is 35.1 Å². The lowest BCUT2D eigenvalue weighted by atomic mass is 10.2. The Labute approximate surface area is 125 Å². The van der Waals surface area contributed by atoms with Crippen LogP contribution >= 0.6 is 22.9 Å². The summed E-state index contributed by atoms with van der Waals surface area (Å²) in [5, 5.41) is 10.8. The highest BCUT2D eigenvalue weighted by molar-refractivity contribution is 7.21. The molecule has 106 valence electrons. The Hall–Kier alpha value is -1.30. The van der Waals surface area contributed by atoms with Crippen LogP contribution in [0.2, 0.25) is 5.02 Å². The predicted octanol–water partition coefficient (Wildman–Crippen LogP) is 2.73. The van der Waals surface area contributed by atoms with Gasteiger partial charge in [-0.1, -0.05) is 11.6 Å². The number of aliphatic hydroxyl groups excluding tert-OH is 1. The standard InChI is InChI=1S/C14H15ClN2O2S/c15-8-3-4-11-10(6-8)12(16)13(20-11)14(19)17-5-1-2-9(17)7-18/h3-4,6,9,18H,1-2,5,7,16H2. The molecule has 20 heavy (non-hydrogen) atoms. The maximum absolute atomic E-state index is 12.6. The van der Waals surface area contributed by atoms with Crippen molar-refractivity contribution >= 4 is 44.6 Å². The highest BCUT2D eigenvalue weighted by Crippen LogP contribution is 2.36. The average molecular weight is 311 g/mol. The minimum atomic E-state index is -0.0873. The van der Waals surface area contributed by atoms with E-state index in [0.717, 1.165) is 22.9 Å². The highest BCUT2D eigenvalue weighted by atomic mass is 35.5. The van der Waals surface area contributed by atoms with Crippen LogP contribution in [0.15, 0.2) is 18.2 Å². The number of aliphatic hydroxyl groups is 1. The first-order valence-electron chi connectivity index (χ1n) is 6.51. The molecule has 0 radical (unpaired) electrons. The zero-order valence-corrected chi connectivity index (χ0v) is 12.4. The lowest BCUT2D eigenvalue weighted by Gasteiger charge is -2.22. The number of anilines is 1. The molecule has 1 saturated heterocycles. The second kappa shape index (κ2) is 5.24. The minimum absolute atomic E-state index is 0.00235. The third-order valence-electron chi connectivity index (χ3n) is 3.73. The second-order valence-electron chi connectivity index (χ2n) is 4.96. The number of hydrogen-bond donors (Lipinski definition) is 2. The Balaban J connectivity index is 2.01. The second-order valence-corrected chi connectivity index (χ2v) is 6.45. The molecular weight excluding hydrogens is 296 g/mol. The van der Waals surface area contributed by atoms with Gasteiger partial charge < -0.3 is 15.7 Å². The molecule has 0 spiro atoms. The number of nitrogen functional groups attached to an aromatic ring is 1. The SMILES string of the molecule is Nc1c(C(=O)N2CCCC2CO)sc2ccc(Cl)cc12. The summed E-state index contributed by atoms with van der Waals surface area (Å²) in [4.78, 5) is 14.9. The van der Waals surface area contributed by atoms with Crippen LogP contribution in [-0.2, 0) is 0 Å². The van der Waals surface area contributed by atoms with Crippen LogP contribution in [0.4, 0.5) is 5.69 Å². The summed E-state index contributed by atoms with van der Waals surface area (Å²) < 4.78 is 0.954. The minimum Gasteiger partial charge on any atom is -0.397 e. The van der Waals surface area contributed by atoms with Crippen molar-refractivity contribution in [3.8, 4) is 0 Å². The third kappa shape index (κ3) is 2.16. The van der Waals surface area contributed by atoms with E-state index in [-0.39, 0.29) is 18.6 Å². The quantitative estimate of drug-likeness (QED) is 0.896. The van der Waals surface area contributed by atoms with E-state index in [1.54, 1.807) is 17.0 Å². The molecule has 1 aliphatic heterocycles. The molecule has 4 nitrogen and oxygen atoms in total. The number of thiophene rings is 1. The van der Waals surface area contributed by atoms with Crippen LogP contribution < -0.4 is 5.73 Å². The smallest absolute Gasteiger partial charge is 0.266 e. The predicted molar refractivity (Wildman–Crippen MR) is 82.4 cm³/mol. The summed E-state index contributed by atoms with van der Waals surface area (Å²) >= 11 is 7.36. The van der Waals surface area contributed by atoms with Gasteiger partial charge in [-0.3, -0.25) is 4.79 Å². The molecule has 2 aromatic rings. The number of nitrogens with two attached hydrogens (primary N) is 1. The van der Waals surface area contributed by atoms with Crippen molar-refractivity contribution in [2.45, 2.75) is 18.9 Å². The van der Waals surface area contributed by atoms with E-state index in [9.17, 15) is 9.90 Å². The van der Waals surface area contributed by atoms with Gasteiger partial charge in [0.1, 0.15) is 4.88 Å². The van der Waals surface area contributed by atoms with Crippen molar-refractivity contribution in [1.29, 1.82) is 0 Å². The number of fused-ring (bicyclic) bond motifs is 1. The molecule has 6 heteroatoms. The lowest BCUT2D eigenvalue weighted by Crippen LogP contribution is -2.37. The first-order valence-corrected chi connectivity index (χ1v) is 7.70. The third-order valence-corrected chi connectivity index (χ3v) is 5.14. The van der Waals surface area contributed by atoms with Gasteiger partial charge in [0, 0.05) is 21.7 Å². The monoisotopic (exact) mass is 310 g/mol. The molecule has 0 aliphatic carbocycles. The highest BCUT2D eigenvalue weighted by Gasteiger charge is 2.31. The molecule has 1 aromatic heterocycles. The summed E-state index contributed by atoms with van der Waals surface area (Å²) in [5.41, 5.74) is 6.59. The zero-order chi connectivity index (χ0) is 14.3. The Bertz CT molecular complexity index is 670. The van der Waals surface area contributed by atoms with E-state index in [1.807, 2.05) is 6.07 Å². The van der Waals surface area contributed by atoms with Gasteiger partial charge in [-0.25, -0.2) is 0 Å². The molecule has 1 amide bonds. The first kappa shape index (κ1) is 13.7. The number of rotatable bonds is 2. The van der Waals surface area contributed by atoms with Gasteiger partial charge in [-0.05, 0) is 31.0 Å². The van der Waals surface area contributed by atoms with Gasteiger partial charge in [0.25, 0.3) is 5.91 Å². The van der Waals surface area contributed by atoms with Crippen molar-refractivity contribution in [2.24, 2.45) is 0 Å². The lowest BCUT2D eigenvalue weighted by molar-refractivity contribution is 0.0683. The van der Waals surface area contributed by atoms with Crippen LogP contribution in [0, 0.1) is 0 Å². The molecule has 1 atom stereocenters. The first-order chi connectivity index (χ1) is 9.61. The molecule has 2 heterocycles. The molecular formula is C14H15ClN2O2S. The van der Waals surface area contributed by atoms with Crippen molar-refractivity contribution in [2.75, 3.05) is 18.9 Å². The number of carbonyl (C=O) groups is 1. The summed E-state index contributed by atoms with van der Waals surface area (Å²) in [7, 11) is 0. The van der Waals surface area contributed by atoms with Gasteiger partial charge in [0.05, 0.1) is 18.3 Å². The van der Waals surface area contributed by atoms with Crippen LogP contribution in [0.25, 0.3) is 10.1 Å². The molecule has 3 N–H and O–H groups in total. The van der Waals surface area contributed by atoms with Crippen molar-refractivity contribution in [3.05, 3.63) is 28.1 Å². The molecule has 0 bridgehead atoms. The topological polar surface area (TPSA) is 66.6 Å². The molecule has 1 fully saturated rings. The summed E-state index contributed by atoms with van der Waals surface area (Å²) in [6.45, 7) is 0.681. The Morgan fingerprint density at radius 1 is 1.55 bits per heavy atom. The number of halogens is 1. The summed E-state index contributed by atoms with van der Waals surface area (Å²) in [6, 6.07) is 5.37. The fourth-order valence-electron chi connectivity index (χ4n) is 2.67. The normalized spacial score (nSPS) is 18.9. The number of amides is 1. The van der Waals surface area contributed by atoms with Crippen LogP contribution in [0.3, 0.4) is 0 Å². The van der Waals surface area contributed by atoms with E-state index in [0.29, 0.717) is 22.1 Å². The maximum Gasteiger partial charge on any atom is 0.266 e. The molecule has 1 unspecified atom stereocenters. The fraction of sp³-hybridized carbons (Fsp3) is 0.357. The van der Waals surface area contributed by atoms with Gasteiger partial charge in [-0.2, -0.15) is 0 Å². The Morgan fingerprint density at radius 3 is 3.10 bits per heavy atom. The summed E-state index contributed by atoms with van der Waals surface area (Å²) in [5.74, 6) is -0.0867. The van der Waals surface area contributed by atoms with E-state index in [1.165, 1.54) is 11.3 Å². The van der Waals surface area contributed by atoms with Gasteiger partial charge in [0.2, 0.25) is 0 Å². The molecule has 1 aliphatic rings. The number of likely N-dealkylation sites (tertiary alicyclic amines) is 1. The number of hydrogen-bond acceptors (Lipinski definition) is 4. The molecule has 0 saturated carbocycles. The number of benzene rings is 1. The maximum atomic E-state index is 12.6. The van der Waals surface area contributed by atoms with Crippen LogP contribution in [0.5, 0.6) is 0 Å². The zero-order valence-electron chi connectivity index (χ0n) is 10.8. The number of carbonyl (C=O) groups excluding carboxylic acids is 1. The fourth-order valence-corrected chi connectivity index (χ4v) is 3.90. The van der Waals surface area contributed by atoms with Crippen molar-refractivity contribution in [3.63, 3.8) is 0 Å². The van der Waals surface area contributed by atoms with Gasteiger partial charge in [-0.15, -0.1) is 11.3 Å². The molecule has 1 aromatic carbocycles. The van der Waals surface area contributed by atoms with Gasteiger partial charge in [0.15, 0.2) is 0 Å². The van der Waals surface area contributed by atoms with Crippen LogP contribution in [0.1, 0.15) is 22.5 Å². The largest absolute Gasteiger partial charge is 0.397 e. The van der Waals surface area contributed by atoms with E-state index < -0.39 is 0 Å². The van der Waals surface area contributed by atoms with Crippen molar-refractivity contribution < 1.29 is 9.90 Å². The van der Waals surface area contributed by atoms with E-state index >= 15 is 0 Å². The summed E-state index contributed by atoms with van der Waals surface area (Å²) in [6.07, 6.45) is 1.77. The Kier molecular flexibility index (Phi) is 3.58.